The number of hydrogen-bond acceptors (Lipinski definition) is 5. The zero-order valence-electron chi connectivity index (χ0n) is 19.0. The number of hydrogen-bond donors (Lipinski definition) is 1. The fraction of sp³-hybridized carbons (Fsp3) is 0.654. The van der Waals surface area contributed by atoms with Crippen molar-refractivity contribution in [1.82, 2.24) is 4.90 Å². The Kier molecular flexibility index (Phi) is 5.08. The molecule has 0 bridgehead atoms. The van der Waals surface area contributed by atoms with Gasteiger partial charge in [0.2, 0.25) is 0 Å². The highest BCUT2D eigenvalue weighted by atomic mass is 16.6. The van der Waals surface area contributed by atoms with E-state index in [1.165, 1.54) is 29.5 Å². The number of nitrogens with zero attached hydrogens (tertiary/aromatic N) is 1. The van der Waals surface area contributed by atoms with E-state index < -0.39 is 0 Å². The molecule has 5 heteroatoms. The molecule has 6 atom stereocenters. The highest BCUT2D eigenvalue weighted by Crippen LogP contribution is 2.57. The first kappa shape index (κ1) is 20.9. The summed E-state index contributed by atoms with van der Waals surface area (Å²) < 4.78 is 11.3. The van der Waals surface area contributed by atoms with Crippen molar-refractivity contribution < 1.29 is 19.4 Å². The second-order valence-corrected chi connectivity index (χ2v) is 10.5. The molecule has 31 heavy (non-hydrogen) atoms. The standard InChI is InChI=1S/C26H35NO4/c1-15-6-5-8-26(3)13-24-19(11-21(15)26)20(25(29)31-24)14-27-9-7-17-10-22(28)23(30-4)12-18(17)16(27)2/h10,12,16,19-21,24,28H,1,5-9,11,13-14H2,2-4H3/t16-,19-,20?,21?,24-,26-/m1/s1. The largest absolute Gasteiger partial charge is 0.504 e. The molecule has 0 spiro atoms. The lowest BCUT2D eigenvalue weighted by molar-refractivity contribution is -0.146. The Morgan fingerprint density at radius 3 is 2.94 bits per heavy atom. The minimum absolute atomic E-state index is 0.0101. The summed E-state index contributed by atoms with van der Waals surface area (Å²) in [6, 6.07) is 3.96. The van der Waals surface area contributed by atoms with Crippen molar-refractivity contribution in [3.8, 4) is 11.5 Å². The fourth-order valence-electron chi connectivity index (χ4n) is 7.02. The second-order valence-electron chi connectivity index (χ2n) is 10.5. The van der Waals surface area contributed by atoms with Crippen molar-refractivity contribution in [3.63, 3.8) is 0 Å². The average molecular weight is 426 g/mol. The molecule has 0 radical (unpaired) electrons. The van der Waals surface area contributed by atoms with E-state index in [0.29, 0.717) is 17.6 Å². The number of allylic oxidation sites excluding steroid dienone is 1. The second kappa shape index (κ2) is 7.54. The van der Waals surface area contributed by atoms with Crippen LogP contribution in [0.2, 0.25) is 0 Å². The van der Waals surface area contributed by atoms with Crippen molar-refractivity contribution >= 4 is 5.97 Å². The third-order valence-corrected chi connectivity index (χ3v) is 8.86. The zero-order chi connectivity index (χ0) is 21.9. The highest BCUT2D eigenvalue weighted by molar-refractivity contribution is 5.75. The molecule has 0 aromatic heterocycles. The Morgan fingerprint density at radius 2 is 2.16 bits per heavy atom. The monoisotopic (exact) mass is 425 g/mol. The number of rotatable bonds is 3. The first-order valence-electron chi connectivity index (χ1n) is 11.8. The molecule has 1 aromatic rings. The fourth-order valence-corrected chi connectivity index (χ4v) is 7.02. The van der Waals surface area contributed by atoms with Crippen molar-refractivity contribution in [2.24, 2.45) is 23.2 Å². The van der Waals surface area contributed by atoms with Crippen LogP contribution >= 0.6 is 0 Å². The normalized spacial score (nSPS) is 37.6. The number of fused-ring (bicyclic) bond motifs is 3. The van der Waals surface area contributed by atoms with Gasteiger partial charge in [0.25, 0.3) is 0 Å². The Balaban J connectivity index is 1.36. The van der Waals surface area contributed by atoms with Gasteiger partial charge >= 0.3 is 5.97 Å². The summed E-state index contributed by atoms with van der Waals surface area (Å²) in [7, 11) is 1.58. The summed E-state index contributed by atoms with van der Waals surface area (Å²) in [5.41, 5.74) is 3.97. The number of aromatic hydroxyl groups is 1. The van der Waals surface area contributed by atoms with Crippen LogP contribution < -0.4 is 4.74 Å². The van der Waals surface area contributed by atoms with Crippen molar-refractivity contribution in [2.45, 2.75) is 64.5 Å². The number of phenols is 1. The maximum Gasteiger partial charge on any atom is 0.310 e. The maximum absolute atomic E-state index is 13.0. The molecule has 1 saturated heterocycles. The van der Waals surface area contributed by atoms with Crippen molar-refractivity contribution in [3.05, 3.63) is 35.4 Å². The summed E-state index contributed by atoms with van der Waals surface area (Å²) >= 11 is 0. The van der Waals surface area contributed by atoms with Crippen LogP contribution in [-0.4, -0.2) is 42.3 Å². The summed E-state index contributed by atoms with van der Waals surface area (Å²) in [6.07, 6.45) is 6.52. The molecule has 5 rings (SSSR count). The van der Waals surface area contributed by atoms with Gasteiger partial charge in [0, 0.05) is 25.0 Å². The van der Waals surface area contributed by atoms with Gasteiger partial charge in [0.05, 0.1) is 13.0 Å². The van der Waals surface area contributed by atoms with Gasteiger partial charge in [-0.3, -0.25) is 9.69 Å². The van der Waals surface area contributed by atoms with Crippen LogP contribution in [0, 0.1) is 23.2 Å². The predicted octanol–water partition coefficient (Wildman–Crippen LogP) is 4.63. The van der Waals surface area contributed by atoms with E-state index in [-0.39, 0.29) is 35.2 Å². The molecule has 2 heterocycles. The lowest BCUT2D eigenvalue weighted by Crippen LogP contribution is -2.46. The highest BCUT2D eigenvalue weighted by Gasteiger charge is 2.55. The minimum atomic E-state index is -0.0627. The van der Waals surface area contributed by atoms with Crippen LogP contribution in [0.3, 0.4) is 0 Å². The van der Waals surface area contributed by atoms with E-state index >= 15 is 0 Å². The number of benzene rings is 1. The quantitative estimate of drug-likeness (QED) is 0.565. The van der Waals surface area contributed by atoms with Gasteiger partial charge < -0.3 is 14.6 Å². The average Bonchev–Trinajstić information content (AvgIpc) is 3.02. The molecule has 3 fully saturated rings. The van der Waals surface area contributed by atoms with Crippen LogP contribution in [0.4, 0.5) is 0 Å². The zero-order valence-corrected chi connectivity index (χ0v) is 19.0. The van der Waals surface area contributed by atoms with Gasteiger partial charge in [-0.25, -0.2) is 0 Å². The molecule has 2 aliphatic heterocycles. The van der Waals surface area contributed by atoms with Gasteiger partial charge in [-0.05, 0) is 80.0 Å². The summed E-state index contributed by atoms with van der Waals surface area (Å²) in [4.78, 5) is 15.4. The number of methoxy groups -OCH3 is 1. The minimum Gasteiger partial charge on any atom is -0.504 e. The van der Waals surface area contributed by atoms with Crippen LogP contribution in [0.25, 0.3) is 0 Å². The third-order valence-electron chi connectivity index (χ3n) is 8.86. The summed E-state index contributed by atoms with van der Waals surface area (Å²) in [6.45, 7) is 10.6. The van der Waals surface area contributed by atoms with E-state index in [1.807, 2.05) is 12.1 Å². The molecule has 2 saturated carbocycles. The predicted molar refractivity (Wildman–Crippen MR) is 119 cm³/mol. The topological polar surface area (TPSA) is 59.0 Å². The van der Waals surface area contributed by atoms with Crippen molar-refractivity contribution in [1.29, 1.82) is 0 Å². The molecular weight excluding hydrogens is 390 g/mol. The molecule has 168 valence electrons. The molecule has 5 nitrogen and oxygen atoms in total. The molecule has 2 aliphatic carbocycles. The van der Waals surface area contributed by atoms with E-state index in [4.69, 9.17) is 9.47 Å². The summed E-state index contributed by atoms with van der Waals surface area (Å²) in [5.74, 6) is 1.45. The first-order valence-corrected chi connectivity index (χ1v) is 11.8. The number of carbonyl (C=O) groups excluding carboxylic acids is 1. The number of ether oxygens (including phenoxy) is 2. The van der Waals surface area contributed by atoms with Crippen molar-refractivity contribution in [2.75, 3.05) is 20.2 Å². The van der Waals surface area contributed by atoms with Crippen LogP contribution in [-0.2, 0) is 16.0 Å². The molecular formula is C26H35NO4. The van der Waals surface area contributed by atoms with Crippen LogP contribution in [0.1, 0.15) is 63.1 Å². The van der Waals surface area contributed by atoms with Gasteiger partial charge in [-0.1, -0.05) is 19.1 Å². The SMILES string of the molecule is C=C1CCC[C@]2(C)C[C@H]3OC(=O)C(CN4CCc5cc(O)c(OC)cc5[C@H]4C)[C@H]3CC12. The van der Waals surface area contributed by atoms with Gasteiger partial charge in [0.15, 0.2) is 11.5 Å². The molecule has 1 aromatic carbocycles. The van der Waals surface area contributed by atoms with Gasteiger partial charge in [-0.2, -0.15) is 0 Å². The van der Waals surface area contributed by atoms with E-state index in [2.05, 4.69) is 25.3 Å². The Hall–Kier alpha value is -2.01. The molecule has 0 amide bonds. The van der Waals surface area contributed by atoms with Crippen LogP contribution in [0.15, 0.2) is 24.3 Å². The lowest BCUT2D eigenvalue weighted by atomic mass is 9.55. The number of carbonyl (C=O) groups is 1. The van der Waals surface area contributed by atoms with Gasteiger partial charge in [0.1, 0.15) is 6.10 Å². The summed E-state index contributed by atoms with van der Waals surface area (Å²) in [5, 5.41) is 10.1. The Labute approximate surface area is 185 Å². The molecule has 4 aliphatic rings. The third kappa shape index (κ3) is 3.36. The van der Waals surface area contributed by atoms with Crippen LogP contribution in [0.5, 0.6) is 11.5 Å². The lowest BCUT2D eigenvalue weighted by Gasteiger charge is -2.50. The smallest absolute Gasteiger partial charge is 0.310 e. The maximum atomic E-state index is 13.0. The Morgan fingerprint density at radius 1 is 1.35 bits per heavy atom. The van der Waals surface area contributed by atoms with E-state index in [0.717, 1.165) is 38.8 Å². The number of phenolic OH excluding ortho intramolecular Hbond substituents is 1. The number of esters is 1. The van der Waals surface area contributed by atoms with E-state index in [1.54, 1.807) is 7.11 Å². The Bertz CT molecular complexity index is 911. The van der Waals surface area contributed by atoms with Gasteiger partial charge in [-0.15, -0.1) is 0 Å². The van der Waals surface area contributed by atoms with E-state index in [9.17, 15) is 9.90 Å². The first-order chi connectivity index (χ1) is 14.8. The molecule has 2 unspecified atom stereocenters. The molecule has 1 N–H and O–H groups in total.